The predicted molar refractivity (Wildman–Crippen MR) is 150 cm³/mol. The van der Waals surface area contributed by atoms with Crippen LogP contribution in [0.4, 0.5) is 0 Å². The standard InChI is InChI=1S/C32H50NO3/c1-5-7-8-9-10-14-21-30-22-15-16-23-31(30)35-24-17-18-25-36-32(34)29(6-2)27-33(3,4)26-28-19-12-11-13-20-28/h11-13,15-16,19-20,22-23,29H,5-10,14,17-18,21,24-27H2,1-4H3/q+1. The van der Waals surface area contributed by atoms with Crippen LogP contribution in [0.1, 0.15) is 82.8 Å². The Morgan fingerprint density at radius 3 is 2.22 bits per heavy atom. The third-order valence-corrected chi connectivity index (χ3v) is 6.81. The normalized spacial score (nSPS) is 12.3. The molecule has 0 spiro atoms. The molecule has 0 N–H and O–H groups in total. The van der Waals surface area contributed by atoms with E-state index < -0.39 is 0 Å². The molecule has 0 saturated heterocycles. The van der Waals surface area contributed by atoms with Gasteiger partial charge in [-0.05, 0) is 43.7 Å². The van der Waals surface area contributed by atoms with Gasteiger partial charge in [0.1, 0.15) is 18.2 Å². The zero-order valence-corrected chi connectivity index (χ0v) is 23.3. The second kappa shape index (κ2) is 17.2. The number of carbonyl (C=O) groups excluding carboxylic acids is 1. The SMILES string of the molecule is CCCCCCCCc1ccccc1OCCCCOC(=O)C(CC)C[N+](C)(C)Cc1ccccc1. The number of aryl methyl sites for hydroxylation is 1. The zero-order chi connectivity index (χ0) is 26.1. The van der Waals surface area contributed by atoms with E-state index in [1.807, 2.05) is 12.1 Å². The van der Waals surface area contributed by atoms with E-state index in [0.717, 1.165) is 49.0 Å². The minimum atomic E-state index is -0.0752. The highest BCUT2D eigenvalue weighted by atomic mass is 16.5. The van der Waals surface area contributed by atoms with Crippen molar-refractivity contribution in [2.75, 3.05) is 33.9 Å². The third-order valence-electron chi connectivity index (χ3n) is 6.81. The Labute approximate surface area is 220 Å². The minimum Gasteiger partial charge on any atom is -0.493 e. The van der Waals surface area contributed by atoms with Gasteiger partial charge in [-0.15, -0.1) is 0 Å². The molecule has 1 atom stereocenters. The maximum Gasteiger partial charge on any atom is 0.314 e. The fourth-order valence-corrected chi connectivity index (χ4v) is 4.73. The van der Waals surface area contributed by atoms with Gasteiger partial charge >= 0.3 is 5.97 Å². The second-order valence-electron chi connectivity index (χ2n) is 10.7. The largest absolute Gasteiger partial charge is 0.493 e. The number of rotatable bonds is 19. The first kappa shape index (κ1) is 29.9. The van der Waals surface area contributed by atoms with Gasteiger partial charge in [0.15, 0.2) is 0 Å². The van der Waals surface area contributed by atoms with Crippen molar-refractivity contribution in [3.8, 4) is 5.75 Å². The molecule has 36 heavy (non-hydrogen) atoms. The van der Waals surface area contributed by atoms with Crippen LogP contribution in [0.3, 0.4) is 0 Å². The first-order valence-electron chi connectivity index (χ1n) is 14.2. The van der Waals surface area contributed by atoms with E-state index in [9.17, 15) is 4.79 Å². The summed E-state index contributed by atoms with van der Waals surface area (Å²) in [5.74, 6) is 0.864. The maximum absolute atomic E-state index is 12.7. The molecule has 4 heteroatoms. The van der Waals surface area contributed by atoms with Gasteiger partial charge < -0.3 is 14.0 Å². The fraction of sp³-hybridized carbons (Fsp3) is 0.594. The van der Waals surface area contributed by atoms with Crippen LogP contribution < -0.4 is 4.74 Å². The second-order valence-corrected chi connectivity index (χ2v) is 10.7. The molecule has 2 aromatic carbocycles. The summed E-state index contributed by atoms with van der Waals surface area (Å²) in [5, 5.41) is 0. The van der Waals surface area contributed by atoms with Crippen molar-refractivity contribution >= 4 is 5.97 Å². The maximum atomic E-state index is 12.7. The number of nitrogens with zero attached hydrogens (tertiary/aromatic N) is 1. The number of benzene rings is 2. The molecule has 0 fully saturated rings. The van der Waals surface area contributed by atoms with E-state index in [1.54, 1.807) is 0 Å². The molecular weight excluding hydrogens is 446 g/mol. The first-order chi connectivity index (χ1) is 17.4. The quantitative estimate of drug-likeness (QED) is 0.114. The Morgan fingerprint density at radius 1 is 0.806 bits per heavy atom. The van der Waals surface area contributed by atoms with Crippen molar-refractivity contribution in [1.29, 1.82) is 0 Å². The van der Waals surface area contributed by atoms with E-state index >= 15 is 0 Å². The van der Waals surface area contributed by atoms with Crippen molar-refractivity contribution < 1.29 is 18.8 Å². The van der Waals surface area contributed by atoms with Gasteiger partial charge in [-0.2, -0.15) is 0 Å². The van der Waals surface area contributed by atoms with Gasteiger partial charge in [-0.1, -0.05) is 94.5 Å². The highest BCUT2D eigenvalue weighted by Gasteiger charge is 2.27. The van der Waals surface area contributed by atoms with E-state index in [2.05, 4.69) is 70.4 Å². The van der Waals surface area contributed by atoms with Crippen LogP contribution in [-0.2, 0) is 22.5 Å². The molecule has 0 radical (unpaired) electrons. The first-order valence-corrected chi connectivity index (χ1v) is 14.2. The highest BCUT2D eigenvalue weighted by Crippen LogP contribution is 2.21. The van der Waals surface area contributed by atoms with E-state index in [0.29, 0.717) is 13.2 Å². The summed E-state index contributed by atoms with van der Waals surface area (Å²) >= 11 is 0. The lowest BCUT2D eigenvalue weighted by Gasteiger charge is -2.32. The number of ether oxygens (including phenoxy) is 2. The molecule has 4 nitrogen and oxygen atoms in total. The molecule has 0 heterocycles. The van der Waals surface area contributed by atoms with Crippen molar-refractivity contribution in [2.24, 2.45) is 5.92 Å². The Bertz CT molecular complexity index is 849. The van der Waals surface area contributed by atoms with Crippen molar-refractivity contribution in [1.82, 2.24) is 0 Å². The molecule has 0 saturated carbocycles. The summed E-state index contributed by atoms with van der Waals surface area (Å²) in [5.41, 5.74) is 2.60. The average Bonchev–Trinajstić information content (AvgIpc) is 2.87. The van der Waals surface area contributed by atoms with Crippen molar-refractivity contribution in [3.05, 3.63) is 65.7 Å². The lowest BCUT2D eigenvalue weighted by molar-refractivity contribution is -0.906. The lowest BCUT2D eigenvalue weighted by Crippen LogP contribution is -2.44. The molecular formula is C32H50NO3+. The molecule has 0 aromatic heterocycles. The topological polar surface area (TPSA) is 35.5 Å². The number of quaternary nitrogens is 1. The Hall–Kier alpha value is -2.33. The average molecular weight is 497 g/mol. The van der Waals surface area contributed by atoms with Gasteiger partial charge in [0, 0.05) is 5.56 Å². The number of carbonyl (C=O) groups is 1. The molecule has 0 aliphatic heterocycles. The Kier molecular flexibility index (Phi) is 14.3. The number of unbranched alkanes of at least 4 members (excludes halogenated alkanes) is 6. The smallest absolute Gasteiger partial charge is 0.314 e. The Balaban J connectivity index is 1.65. The van der Waals surface area contributed by atoms with Crippen LogP contribution in [0.2, 0.25) is 0 Å². The summed E-state index contributed by atoms with van der Waals surface area (Å²) in [6, 6.07) is 18.9. The van der Waals surface area contributed by atoms with Crippen LogP contribution in [0.5, 0.6) is 5.75 Å². The van der Waals surface area contributed by atoms with Gasteiger partial charge in [0.2, 0.25) is 0 Å². The minimum absolute atomic E-state index is 0.0676. The summed E-state index contributed by atoms with van der Waals surface area (Å²) in [6.45, 7) is 7.14. The Morgan fingerprint density at radius 2 is 1.47 bits per heavy atom. The molecule has 0 aliphatic carbocycles. The zero-order valence-electron chi connectivity index (χ0n) is 23.3. The van der Waals surface area contributed by atoms with Crippen LogP contribution in [0.25, 0.3) is 0 Å². The van der Waals surface area contributed by atoms with E-state index in [1.165, 1.54) is 49.7 Å². The van der Waals surface area contributed by atoms with Crippen LogP contribution in [0.15, 0.2) is 54.6 Å². The van der Waals surface area contributed by atoms with Crippen LogP contribution in [-0.4, -0.2) is 44.3 Å². The molecule has 1 unspecified atom stereocenters. The summed E-state index contributed by atoms with van der Waals surface area (Å²) in [6.07, 6.45) is 11.4. The number of esters is 1. The van der Waals surface area contributed by atoms with Gasteiger partial charge in [0.05, 0.1) is 33.9 Å². The summed E-state index contributed by atoms with van der Waals surface area (Å²) in [7, 11) is 4.37. The number of hydrogen-bond acceptors (Lipinski definition) is 3. The van der Waals surface area contributed by atoms with Gasteiger partial charge in [-0.3, -0.25) is 4.79 Å². The van der Waals surface area contributed by atoms with Crippen molar-refractivity contribution in [3.63, 3.8) is 0 Å². The van der Waals surface area contributed by atoms with Crippen LogP contribution in [0, 0.1) is 5.92 Å². The fourth-order valence-electron chi connectivity index (χ4n) is 4.73. The highest BCUT2D eigenvalue weighted by molar-refractivity contribution is 5.72. The molecule has 2 rings (SSSR count). The molecule has 0 bridgehead atoms. The number of para-hydroxylation sites is 1. The summed E-state index contributed by atoms with van der Waals surface area (Å²) in [4.78, 5) is 12.7. The molecule has 0 aliphatic rings. The van der Waals surface area contributed by atoms with E-state index in [-0.39, 0.29) is 11.9 Å². The third kappa shape index (κ3) is 12.1. The lowest BCUT2D eigenvalue weighted by atomic mass is 10.0. The van der Waals surface area contributed by atoms with Gasteiger partial charge in [-0.25, -0.2) is 0 Å². The van der Waals surface area contributed by atoms with Gasteiger partial charge in [0.25, 0.3) is 0 Å². The molecule has 2 aromatic rings. The van der Waals surface area contributed by atoms with Crippen molar-refractivity contribution in [2.45, 2.75) is 84.6 Å². The monoisotopic (exact) mass is 496 g/mol. The number of hydrogen-bond donors (Lipinski definition) is 0. The van der Waals surface area contributed by atoms with E-state index in [4.69, 9.17) is 9.47 Å². The molecule has 200 valence electrons. The van der Waals surface area contributed by atoms with Crippen LogP contribution >= 0.6 is 0 Å². The molecule has 0 amide bonds. The summed E-state index contributed by atoms with van der Waals surface area (Å²) < 4.78 is 12.5. The predicted octanol–water partition coefficient (Wildman–Crippen LogP) is 7.59.